The fourth-order valence-electron chi connectivity index (χ4n) is 4.74. The molecule has 1 fully saturated rings. The van der Waals surface area contributed by atoms with Crippen LogP contribution in [0.1, 0.15) is 43.2 Å². The van der Waals surface area contributed by atoms with E-state index >= 15 is 0 Å². The monoisotopic (exact) mass is 493 g/mol. The fraction of sp³-hybridized carbons (Fsp3) is 0.429. The molecule has 3 aromatic rings. The summed E-state index contributed by atoms with van der Waals surface area (Å²) in [6, 6.07) is 19.6. The first-order valence-electron chi connectivity index (χ1n) is 12.5. The van der Waals surface area contributed by atoms with E-state index in [0.717, 1.165) is 11.1 Å². The van der Waals surface area contributed by atoms with Crippen molar-refractivity contribution in [1.82, 2.24) is 14.9 Å². The number of nitrogens with one attached hydrogen (secondary N) is 2. The average Bonchev–Trinajstić information content (AvgIpc) is 3.19. The second-order valence-corrected chi connectivity index (χ2v) is 9.18. The van der Waals surface area contributed by atoms with Crippen LogP contribution in [0.2, 0.25) is 0 Å². The number of nitrogens with zero attached hydrogens (tertiary/aromatic N) is 1. The summed E-state index contributed by atoms with van der Waals surface area (Å²) in [6.07, 6.45) is 1.06. The molecule has 1 aliphatic heterocycles. The van der Waals surface area contributed by atoms with Crippen molar-refractivity contribution in [3.63, 3.8) is 0 Å². The van der Waals surface area contributed by atoms with Crippen molar-refractivity contribution in [3.8, 4) is 0 Å². The van der Waals surface area contributed by atoms with Gasteiger partial charge < -0.3 is 19.5 Å². The number of H-pyrrole nitrogens is 1. The van der Waals surface area contributed by atoms with Gasteiger partial charge in [-0.1, -0.05) is 74.5 Å². The molecule has 0 radical (unpaired) electrons. The minimum Gasteiger partial charge on any atom is -0.374 e. The molecule has 8 nitrogen and oxygen atoms in total. The molecule has 4 atom stereocenters. The van der Waals surface area contributed by atoms with Crippen LogP contribution in [-0.4, -0.2) is 40.4 Å². The van der Waals surface area contributed by atoms with Gasteiger partial charge in [0.25, 0.3) is 5.56 Å². The number of ether oxygens (including phenoxy) is 3. The lowest BCUT2D eigenvalue weighted by molar-refractivity contribution is -0.158. The first kappa shape index (κ1) is 26.0. The van der Waals surface area contributed by atoms with Crippen molar-refractivity contribution < 1.29 is 14.2 Å². The molecule has 1 aromatic heterocycles. The van der Waals surface area contributed by atoms with Crippen LogP contribution in [-0.2, 0) is 27.4 Å². The SMILES string of the molecule is CCN[C@H]1[C@H](n2cc(C)c(=O)[nH]c2=O)O[C@](CC)(COCc2ccccc2)[C@H]1OCc1ccccc1. The predicted molar refractivity (Wildman–Crippen MR) is 138 cm³/mol. The molecule has 0 spiro atoms. The molecule has 2 aromatic carbocycles. The van der Waals surface area contributed by atoms with Crippen molar-refractivity contribution in [2.24, 2.45) is 0 Å². The smallest absolute Gasteiger partial charge is 0.330 e. The number of aromatic amines is 1. The topological polar surface area (TPSA) is 94.6 Å². The molecule has 4 rings (SSSR count). The van der Waals surface area contributed by atoms with Crippen molar-refractivity contribution in [3.05, 3.63) is 104 Å². The van der Waals surface area contributed by atoms with Crippen molar-refractivity contribution in [1.29, 1.82) is 0 Å². The Hall–Kier alpha value is -3.04. The lowest BCUT2D eigenvalue weighted by Crippen LogP contribution is -2.52. The van der Waals surface area contributed by atoms with Gasteiger partial charge in [0.1, 0.15) is 11.7 Å². The third kappa shape index (κ3) is 5.68. The zero-order chi connectivity index (χ0) is 25.5. The first-order chi connectivity index (χ1) is 17.5. The first-order valence-corrected chi connectivity index (χ1v) is 12.5. The van der Waals surface area contributed by atoms with E-state index < -0.39 is 29.2 Å². The van der Waals surface area contributed by atoms with Gasteiger partial charge in [-0.05, 0) is 31.0 Å². The molecular formula is C28H35N3O5. The molecule has 0 aliphatic carbocycles. The second-order valence-electron chi connectivity index (χ2n) is 9.18. The zero-order valence-corrected chi connectivity index (χ0v) is 21.1. The maximum absolute atomic E-state index is 12.8. The van der Waals surface area contributed by atoms with Gasteiger partial charge in [-0.25, -0.2) is 4.79 Å². The Morgan fingerprint density at radius 1 is 1.00 bits per heavy atom. The number of benzene rings is 2. The molecule has 36 heavy (non-hydrogen) atoms. The molecule has 8 heteroatoms. The van der Waals surface area contributed by atoms with Gasteiger partial charge in [0, 0.05) is 11.8 Å². The molecule has 2 N–H and O–H groups in total. The van der Waals surface area contributed by atoms with E-state index in [9.17, 15) is 9.59 Å². The van der Waals surface area contributed by atoms with Crippen LogP contribution in [0.15, 0.2) is 76.4 Å². The Bertz CT molecular complexity index is 1230. The number of hydrogen-bond acceptors (Lipinski definition) is 6. The van der Waals surface area contributed by atoms with E-state index in [-0.39, 0.29) is 12.6 Å². The van der Waals surface area contributed by atoms with E-state index in [1.54, 1.807) is 13.1 Å². The fourth-order valence-corrected chi connectivity index (χ4v) is 4.74. The van der Waals surface area contributed by atoms with E-state index in [1.165, 1.54) is 4.57 Å². The second kappa shape index (κ2) is 11.8. The van der Waals surface area contributed by atoms with Crippen LogP contribution in [0.3, 0.4) is 0 Å². The molecule has 192 valence electrons. The van der Waals surface area contributed by atoms with Gasteiger partial charge in [0.05, 0.1) is 25.9 Å². The highest BCUT2D eigenvalue weighted by molar-refractivity contribution is 5.15. The van der Waals surface area contributed by atoms with Gasteiger partial charge >= 0.3 is 5.69 Å². The van der Waals surface area contributed by atoms with Gasteiger partial charge in [0.2, 0.25) is 0 Å². The lowest BCUT2D eigenvalue weighted by atomic mass is 9.91. The molecule has 0 saturated carbocycles. The third-order valence-corrected chi connectivity index (χ3v) is 6.70. The Morgan fingerprint density at radius 2 is 1.64 bits per heavy atom. The number of likely N-dealkylation sites (N-methyl/N-ethyl adjacent to an activating group) is 1. The van der Waals surface area contributed by atoms with Crippen molar-refractivity contribution >= 4 is 0 Å². The van der Waals surface area contributed by atoms with Gasteiger partial charge in [-0.2, -0.15) is 0 Å². The number of rotatable bonds is 11. The van der Waals surface area contributed by atoms with Gasteiger partial charge in [0.15, 0.2) is 6.23 Å². The Balaban J connectivity index is 1.67. The van der Waals surface area contributed by atoms with Crippen molar-refractivity contribution in [2.45, 2.75) is 64.4 Å². The van der Waals surface area contributed by atoms with Crippen LogP contribution in [0.25, 0.3) is 0 Å². The number of aryl methyl sites for hydroxylation is 1. The summed E-state index contributed by atoms with van der Waals surface area (Å²) in [5.41, 5.74) is 0.810. The van der Waals surface area contributed by atoms with Crippen LogP contribution in [0.5, 0.6) is 0 Å². The highest BCUT2D eigenvalue weighted by atomic mass is 16.6. The minimum absolute atomic E-state index is 0.285. The summed E-state index contributed by atoms with van der Waals surface area (Å²) in [4.78, 5) is 27.3. The summed E-state index contributed by atoms with van der Waals surface area (Å²) in [5, 5.41) is 3.48. The van der Waals surface area contributed by atoms with E-state index in [4.69, 9.17) is 14.2 Å². The molecule has 1 aliphatic rings. The van der Waals surface area contributed by atoms with Crippen LogP contribution in [0.4, 0.5) is 0 Å². The zero-order valence-electron chi connectivity index (χ0n) is 21.1. The molecule has 0 amide bonds. The highest BCUT2D eigenvalue weighted by Crippen LogP contribution is 2.41. The summed E-state index contributed by atoms with van der Waals surface area (Å²) < 4.78 is 20.9. The van der Waals surface area contributed by atoms with Gasteiger partial charge in [-0.3, -0.25) is 14.3 Å². The van der Waals surface area contributed by atoms with Crippen LogP contribution >= 0.6 is 0 Å². The Labute approximate surface area is 211 Å². The quantitative estimate of drug-likeness (QED) is 0.426. The number of aromatic nitrogens is 2. The third-order valence-electron chi connectivity index (χ3n) is 6.70. The summed E-state index contributed by atoms with van der Waals surface area (Å²) in [7, 11) is 0. The molecule has 1 saturated heterocycles. The summed E-state index contributed by atoms with van der Waals surface area (Å²) in [6.45, 7) is 7.48. The van der Waals surface area contributed by atoms with E-state index in [0.29, 0.717) is 31.7 Å². The van der Waals surface area contributed by atoms with Crippen LogP contribution in [0, 0.1) is 6.92 Å². The Morgan fingerprint density at radius 3 is 2.25 bits per heavy atom. The summed E-state index contributed by atoms with van der Waals surface area (Å²) >= 11 is 0. The van der Waals surface area contributed by atoms with Crippen molar-refractivity contribution in [2.75, 3.05) is 13.2 Å². The molecule has 2 heterocycles. The molecule has 0 unspecified atom stereocenters. The maximum atomic E-state index is 12.8. The predicted octanol–water partition coefficient (Wildman–Crippen LogP) is 3.30. The number of hydrogen-bond donors (Lipinski definition) is 2. The standard InChI is InChI=1S/C28H35N3O5/c1-4-28(19-34-17-21-12-8-6-9-13-21)24(35-18-22-14-10-7-11-15-22)23(29-5-2)26(36-28)31-16-20(3)25(32)30-27(31)33/h6-16,23-24,26,29H,4-5,17-19H2,1-3H3,(H,30,32,33)/t23-,24+,26-,28-/m1/s1. The van der Waals surface area contributed by atoms with E-state index in [1.807, 2.05) is 74.5 Å². The average molecular weight is 494 g/mol. The highest BCUT2D eigenvalue weighted by Gasteiger charge is 2.56. The molecular weight excluding hydrogens is 458 g/mol. The lowest BCUT2D eigenvalue weighted by Gasteiger charge is -2.34. The van der Waals surface area contributed by atoms with E-state index in [2.05, 4.69) is 10.3 Å². The minimum atomic E-state index is -0.815. The molecule has 0 bridgehead atoms. The maximum Gasteiger partial charge on any atom is 0.330 e. The summed E-state index contributed by atoms with van der Waals surface area (Å²) in [5.74, 6) is 0. The van der Waals surface area contributed by atoms with Crippen LogP contribution < -0.4 is 16.6 Å². The largest absolute Gasteiger partial charge is 0.374 e. The van der Waals surface area contributed by atoms with Gasteiger partial charge in [-0.15, -0.1) is 0 Å². The normalized spacial score (nSPS) is 23.7. The Kier molecular flexibility index (Phi) is 8.53.